The summed E-state index contributed by atoms with van der Waals surface area (Å²) in [6.45, 7) is 4.54. The van der Waals surface area contributed by atoms with Crippen molar-refractivity contribution in [1.29, 1.82) is 0 Å². The molecule has 1 aromatic heterocycles. The number of nitrogens with zero attached hydrogens (tertiary/aromatic N) is 3. The maximum atomic E-state index is 11.5. The summed E-state index contributed by atoms with van der Waals surface area (Å²) in [5.41, 5.74) is 11.8. The lowest BCUT2D eigenvalue weighted by atomic mass is 10.1. The van der Waals surface area contributed by atoms with E-state index >= 15 is 0 Å². The van der Waals surface area contributed by atoms with Gasteiger partial charge in [-0.05, 0) is 42.0 Å². The maximum Gasteiger partial charge on any atom is 0.274 e. The minimum atomic E-state index is -0.514. The average Bonchev–Trinajstić information content (AvgIpc) is 3.32. The number of carbonyl (C=O) groups excluding carboxylic acids is 1. The Balaban J connectivity index is 1.29. The Morgan fingerprint density at radius 1 is 1.11 bits per heavy atom. The molecule has 1 atom stereocenters. The van der Waals surface area contributed by atoms with Gasteiger partial charge < -0.3 is 20.7 Å². The summed E-state index contributed by atoms with van der Waals surface area (Å²) in [5, 5.41) is 12.6. The van der Waals surface area contributed by atoms with Crippen molar-refractivity contribution in [3.8, 4) is 11.4 Å². The van der Waals surface area contributed by atoms with Gasteiger partial charge in [-0.25, -0.2) is 15.4 Å². The van der Waals surface area contributed by atoms with E-state index in [0.29, 0.717) is 30.6 Å². The third-order valence-corrected chi connectivity index (χ3v) is 7.44. The van der Waals surface area contributed by atoms with Crippen molar-refractivity contribution in [2.75, 3.05) is 43.5 Å². The van der Waals surface area contributed by atoms with E-state index in [-0.39, 0.29) is 0 Å². The Hall–Kier alpha value is -3.18. The quantitative estimate of drug-likeness (QED) is 0.224. The second kappa shape index (κ2) is 10.6. The number of hydroxylamine groups is 1. The molecule has 5 N–H and O–H groups in total. The van der Waals surface area contributed by atoms with Crippen LogP contribution in [0.1, 0.15) is 21.6 Å². The van der Waals surface area contributed by atoms with Gasteiger partial charge in [-0.3, -0.25) is 10.0 Å². The van der Waals surface area contributed by atoms with Gasteiger partial charge in [0.25, 0.3) is 5.91 Å². The van der Waals surface area contributed by atoms with Crippen molar-refractivity contribution in [2.24, 2.45) is 0 Å². The highest BCUT2D eigenvalue weighted by Crippen LogP contribution is 2.42. The second-order valence-electron chi connectivity index (χ2n) is 8.58. The molecule has 3 aromatic rings. The molecule has 35 heavy (non-hydrogen) atoms. The molecule has 1 amide bonds. The van der Waals surface area contributed by atoms with Crippen molar-refractivity contribution in [3.63, 3.8) is 0 Å². The summed E-state index contributed by atoms with van der Waals surface area (Å²) >= 11 is 1.84. The first-order chi connectivity index (χ1) is 17.1. The number of carbonyl (C=O) groups is 1. The van der Waals surface area contributed by atoms with E-state index in [2.05, 4.69) is 10.2 Å². The number of hydrogen-bond acceptors (Lipinski definition) is 9. The number of nitrogens with one attached hydrogen (secondary N) is 2. The number of thioether (sulfide) groups is 1. The fraction of sp³-hybridized carbons (Fsp3) is 0.320. The molecule has 0 spiro atoms. The van der Waals surface area contributed by atoms with Crippen LogP contribution in [0.4, 0.5) is 11.5 Å². The number of fused-ring (bicyclic) bond motifs is 1. The Bertz CT molecular complexity index is 1180. The highest BCUT2D eigenvalue weighted by atomic mass is 32.2. The first-order valence-electron chi connectivity index (χ1n) is 11.6. The summed E-state index contributed by atoms with van der Waals surface area (Å²) in [4.78, 5) is 24.9. The van der Waals surface area contributed by atoms with E-state index in [0.717, 1.165) is 65.1 Å². The number of aromatic nitrogens is 2. The lowest BCUT2D eigenvalue weighted by molar-refractivity contribution is 0.0706. The van der Waals surface area contributed by atoms with E-state index < -0.39 is 5.91 Å². The molecule has 1 unspecified atom stereocenters. The topological polar surface area (TPSA) is 126 Å². The maximum absolute atomic E-state index is 11.5. The Morgan fingerprint density at radius 2 is 1.86 bits per heavy atom. The molecule has 0 bridgehead atoms. The Labute approximate surface area is 208 Å². The summed E-state index contributed by atoms with van der Waals surface area (Å²) in [7, 11) is 0. The van der Waals surface area contributed by atoms with Crippen LogP contribution in [0, 0.1) is 0 Å². The van der Waals surface area contributed by atoms with Gasteiger partial charge in [0.15, 0.2) is 5.82 Å². The van der Waals surface area contributed by atoms with E-state index in [1.165, 1.54) is 0 Å². The van der Waals surface area contributed by atoms with E-state index in [1.807, 2.05) is 48.2 Å². The van der Waals surface area contributed by atoms with E-state index in [1.54, 1.807) is 17.6 Å². The van der Waals surface area contributed by atoms with E-state index in [9.17, 15) is 4.79 Å². The van der Waals surface area contributed by atoms with E-state index in [4.69, 9.17) is 25.6 Å². The third-order valence-electron chi connectivity index (χ3n) is 6.12. The van der Waals surface area contributed by atoms with Crippen LogP contribution in [0.5, 0.6) is 0 Å². The number of anilines is 2. The summed E-state index contributed by atoms with van der Waals surface area (Å²) in [5.74, 6) is 1.21. The average molecular weight is 493 g/mol. The first kappa shape index (κ1) is 23.6. The molecule has 2 aliphatic heterocycles. The highest BCUT2D eigenvalue weighted by molar-refractivity contribution is 8.00. The fourth-order valence-electron chi connectivity index (χ4n) is 4.25. The molecular weight excluding hydrogens is 464 g/mol. The van der Waals surface area contributed by atoms with Crippen LogP contribution in [0.2, 0.25) is 0 Å². The lowest BCUT2D eigenvalue weighted by Crippen LogP contribution is -2.37. The molecule has 2 aliphatic rings. The summed E-state index contributed by atoms with van der Waals surface area (Å²) in [6.07, 6.45) is 0.866. The van der Waals surface area contributed by atoms with Crippen molar-refractivity contribution >= 4 is 29.2 Å². The number of rotatable bonds is 7. The Kier molecular flexibility index (Phi) is 7.14. The van der Waals surface area contributed by atoms with Crippen LogP contribution in [0.3, 0.4) is 0 Å². The van der Waals surface area contributed by atoms with Crippen molar-refractivity contribution in [1.82, 2.24) is 20.8 Å². The monoisotopic (exact) mass is 492 g/mol. The number of amides is 1. The summed E-state index contributed by atoms with van der Waals surface area (Å²) < 4.78 is 5.56. The standard InChI is InChI=1S/C25H28N6O3S/c26-19-7-5-17(6-8-19)23-28-21-13-20(35-22(21)24(29-23)31-9-11-34-12-10-31)15-27-14-16-1-3-18(4-2-16)25(32)30-33/h1-8,20,27,33H,9-15,26H2,(H,30,32). The van der Waals surface area contributed by atoms with Crippen LogP contribution in [-0.4, -0.2) is 59.2 Å². The molecule has 1 saturated heterocycles. The predicted octanol–water partition coefficient (Wildman–Crippen LogP) is 2.49. The van der Waals surface area contributed by atoms with Crippen LogP contribution >= 0.6 is 11.8 Å². The number of nitrogens with two attached hydrogens (primary N) is 1. The lowest BCUT2D eigenvalue weighted by Gasteiger charge is -2.29. The van der Waals surface area contributed by atoms with Gasteiger partial charge in [-0.1, -0.05) is 12.1 Å². The SMILES string of the molecule is Nc1ccc(-c2nc3c(c(N4CCOCC4)n2)SC(CNCc2ccc(C(=O)NO)cc2)C3)cc1. The molecular formula is C25H28N6O3S. The zero-order valence-electron chi connectivity index (χ0n) is 19.2. The molecule has 9 nitrogen and oxygen atoms in total. The number of benzene rings is 2. The highest BCUT2D eigenvalue weighted by Gasteiger charge is 2.30. The van der Waals surface area contributed by atoms with Crippen molar-refractivity contribution < 1.29 is 14.7 Å². The molecule has 5 rings (SSSR count). The first-order valence-corrected chi connectivity index (χ1v) is 12.5. The molecule has 0 saturated carbocycles. The number of ether oxygens (including phenoxy) is 1. The smallest absolute Gasteiger partial charge is 0.274 e. The number of nitrogen functional groups attached to an aromatic ring is 1. The summed E-state index contributed by atoms with van der Waals surface area (Å²) in [6, 6.07) is 14.9. The molecule has 0 aliphatic carbocycles. The predicted molar refractivity (Wildman–Crippen MR) is 136 cm³/mol. The van der Waals surface area contributed by atoms with Gasteiger partial charge in [0.2, 0.25) is 0 Å². The number of hydrogen-bond donors (Lipinski definition) is 4. The van der Waals surface area contributed by atoms with Gasteiger partial charge in [0.1, 0.15) is 5.82 Å². The van der Waals surface area contributed by atoms with Gasteiger partial charge in [-0.2, -0.15) is 0 Å². The third kappa shape index (κ3) is 5.40. The molecule has 2 aromatic carbocycles. The van der Waals surface area contributed by atoms with Crippen LogP contribution < -0.4 is 21.4 Å². The van der Waals surface area contributed by atoms with Crippen LogP contribution in [0.25, 0.3) is 11.4 Å². The molecule has 0 radical (unpaired) electrons. The van der Waals surface area contributed by atoms with Crippen molar-refractivity contribution in [3.05, 3.63) is 65.4 Å². The molecule has 3 heterocycles. The Morgan fingerprint density at radius 3 is 2.57 bits per heavy atom. The minimum Gasteiger partial charge on any atom is -0.399 e. The fourth-order valence-corrected chi connectivity index (χ4v) is 5.57. The van der Waals surface area contributed by atoms with Gasteiger partial charge in [-0.15, -0.1) is 11.8 Å². The van der Waals surface area contributed by atoms with Crippen molar-refractivity contribution in [2.45, 2.75) is 23.1 Å². The zero-order chi connectivity index (χ0) is 24.2. The van der Waals surface area contributed by atoms with Gasteiger partial charge in [0.05, 0.1) is 23.8 Å². The number of morpholine rings is 1. The van der Waals surface area contributed by atoms with Gasteiger partial charge >= 0.3 is 0 Å². The molecule has 10 heteroatoms. The largest absolute Gasteiger partial charge is 0.399 e. The molecule has 182 valence electrons. The minimum absolute atomic E-state index is 0.347. The molecule has 1 fully saturated rings. The van der Waals surface area contributed by atoms with Gasteiger partial charge in [0, 0.05) is 54.7 Å². The second-order valence-corrected chi connectivity index (χ2v) is 9.89. The van der Waals surface area contributed by atoms with Crippen LogP contribution in [-0.2, 0) is 17.7 Å². The normalized spacial score (nSPS) is 17.3. The van der Waals surface area contributed by atoms with Crippen LogP contribution in [0.15, 0.2) is 53.4 Å². The zero-order valence-corrected chi connectivity index (χ0v) is 20.1.